The van der Waals surface area contributed by atoms with E-state index in [0.29, 0.717) is 48.1 Å². The minimum absolute atomic E-state index is 0.0358. The van der Waals surface area contributed by atoms with Gasteiger partial charge in [-0.3, -0.25) is 9.48 Å². The summed E-state index contributed by atoms with van der Waals surface area (Å²) in [6.45, 7) is 8.48. The number of likely N-dealkylation sites (tertiary alicyclic amines) is 1. The van der Waals surface area contributed by atoms with Crippen LogP contribution >= 0.6 is 11.6 Å². The lowest BCUT2D eigenvalue weighted by Gasteiger charge is -2.45. The maximum atomic E-state index is 13.6. The van der Waals surface area contributed by atoms with Crippen molar-refractivity contribution in [3.05, 3.63) is 70.0 Å². The number of carbonyl (C=O) groups is 1. The summed E-state index contributed by atoms with van der Waals surface area (Å²) in [4.78, 5) is 17.8. The number of rotatable bonds is 4. The second-order valence-corrected chi connectivity index (χ2v) is 16.0. The molecule has 4 aliphatic rings. The summed E-state index contributed by atoms with van der Waals surface area (Å²) in [6, 6.07) is 12.7. The van der Waals surface area contributed by atoms with E-state index in [1.54, 1.807) is 12.1 Å². The lowest BCUT2D eigenvalue weighted by molar-refractivity contribution is -0.118. The molecule has 4 bridgehead atoms. The predicted molar refractivity (Wildman–Crippen MR) is 185 cm³/mol. The Morgan fingerprint density at radius 2 is 1.88 bits per heavy atom. The van der Waals surface area contributed by atoms with Crippen LogP contribution in [0.2, 0.25) is 5.02 Å². The fourth-order valence-electron chi connectivity index (χ4n) is 7.59. The standard InChI is InChI=1S/C36H46ClN5O5S/c1-25-19-30-21-36(43)39-48(44,45)31-9-11-35-33(22-31)41(15-3-2-5-26-20-29(37)8-6-28(26)24-47-35)23-27-7-10-32(27)34(12-16-42(25)38-30)46-18-17-40-13-4-14-40/h6,8-9,11,19-20,22,27,32,34H,2-5,7,10,12-18,21,23-24H2,1H3,(H,39,43)/t27-,32+,34?/m0/s1. The summed E-state index contributed by atoms with van der Waals surface area (Å²) in [5.41, 5.74) is 4.48. The number of aromatic nitrogens is 2. The average molecular weight is 696 g/mol. The van der Waals surface area contributed by atoms with Crippen molar-refractivity contribution < 1.29 is 22.7 Å². The van der Waals surface area contributed by atoms with Gasteiger partial charge in [-0.25, -0.2) is 13.1 Å². The van der Waals surface area contributed by atoms with Gasteiger partial charge in [0.05, 0.1) is 35.4 Å². The Bertz CT molecular complexity index is 1740. The van der Waals surface area contributed by atoms with Crippen LogP contribution < -0.4 is 14.4 Å². The SMILES string of the molecule is Cc1cc2nn1CCC(OCCN1CCC1)[C@@H]1CC[C@H]1CN1CCCCc3cc(Cl)ccc3COc3ccc(cc31)S(=O)(=O)NC(=O)C2. The molecule has 1 aliphatic carbocycles. The first kappa shape index (κ1) is 33.4. The summed E-state index contributed by atoms with van der Waals surface area (Å²) in [7, 11) is -4.14. The molecule has 1 unspecified atom stereocenters. The molecule has 3 aliphatic heterocycles. The first-order valence-corrected chi connectivity index (χ1v) is 19.3. The second-order valence-electron chi connectivity index (χ2n) is 13.8. The van der Waals surface area contributed by atoms with Gasteiger partial charge in [-0.1, -0.05) is 17.7 Å². The smallest absolute Gasteiger partial charge is 0.264 e. The number of aryl methyl sites for hydroxylation is 3. The molecule has 3 aromatic rings. The maximum absolute atomic E-state index is 13.6. The summed E-state index contributed by atoms with van der Waals surface area (Å²) >= 11 is 6.36. The van der Waals surface area contributed by atoms with Gasteiger partial charge in [0.2, 0.25) is 5.91 Å². The van der Waals surface area contributed by atoms with Crippen molar-refractivity contribution in [2.45, 2.75) is 82.4 Å². The summed E-state index contributed by atoms with van der Waals surface area (Å²) < 4.78 is 44.6. The highest BCUT2D eigenvalue weighted by Crippen LogP contribution is 2.42. The highest BCUT2D eigenvalue weighted by Gasteiger charge is 2.39. The number of nitrogens with zero attached hydrogens (tertiary/aromatic N) is 4. The molecule has 1 N–H and O–H groups in total. The Labute approximate surface area is 288 Å². The minimum Gasteiger partial charge on any atom is -0.487 e. The normalized spacial score (nSPS) is 24.8. The topological polar surface area (TPSA) is 106 Å². The van der Waals surface area contributed by atoms with Crippen molar-refractivity contribution in [3.8, 4) is 5.75 Å². The van der Waals surface area contributed by atoms with Gasteiger partial charge in [0.1, 0.15) is 12.4 Å². The van der Waals surface area contributed by atoms with Gasteiger partial charge in [-0.05, 0) is 124 Å². The van der Waals surface area contributed by atoms with Crippen LogP contribution in [0.25, 0.3) is 0 Å². The van der Waals surface area contributed by atoms with Crippen molar-refractivity contribution in [1.29, 1.82) is 0 Å². The number of carbonyl (C=O) groups excluding carboxylic acids is 1. The molecule has 1 saturated carbocycles. The Morgan fingerprint density at radius 3 is 2.67 bits per heavy atom. The number of hydrogen-bond donors (Lipinski definition) is 1. The maximum Gasteiger partial charge on any atom is 0.264 e. The van der Waals surface area contributed by atoms with E-state index in [1.807, 2.05) is 35.9 Å². The van der Waals surface area contributed by atoms with Crippen LogP contribution in [-0.4, -0.2) is 74.4 Å². The molecule has 1 amide bonds. The summed E-state index contributed by atoms with van der Waals surface area (Å²) in [6.07, 6.45) is 7.02. The second kappa shape index (κ2) is 14.4. The number of anilines is 1. The van der Waals surface area contributed by atoms with Crippen molar-refractivity contribution >= 4 is 33.2 Å². The van der Waals surface area contributed by atoms with Crippen LogP contribution in [0.3, 0.4) is 0 Å². The molecule has 4 heterocycles. The number of fused-ring (bicyclic) bond motifs is 5. The molecular formula is C36H46ClN5O5S. The zero-order valence-electron chi connectivity index (χ0n) is 27.7. The van der Waals surface area contributed by atoms with Gasteiger partial charge in [0.25, 0.3) is 10.0 Å². The lowest BCUT2D eigenvalue weighted by Crippen LogP contribution is -2.46. The summed E-state index contributed by atoms with van der Waals surface area (Å²) in [5.74, 6) is 0.780. The highest BCUT2D eigenvalue weighted by atomic mass is 35.5. The number of benzene rings is 2. The Kier molecular flexibility index (Phi) is 10.0. The van der Waals surface area contributed by atoms with Gasteiger partial charge in [0, 0.05) is 36.9 Å². The van der Waals surface area contributed by atoms with Crippen LogP contribution in [0.5, 0.6) is 5.75 Å². The number of amides is 1. The van der Waals surface area contributed by atoms with E-state index in [1.165, 1.54) is 18.1 Å². The van der Waals surface area contributed by atoms with E-state index in [-0.39, 0.29) is 17.4 Å². The average Bonchev–Trinajstić information content (AvgIpc) is 3.35. The predicted octanol–water partition coefficient (Wildman–Crippen LogP) is 5.14. The lowest BCUT2D eigenvalue weighted by atomic mass is 9.69. The van der Waals surface area contributed by atoms with Gasteiger partial charge >= 0.3 is 0 Å². The minimum atomic E-state index is -4.14. The fraction of sp³-hybridized carbons (Fsp3) is 0.556. The fourth-order valence-corrected chi connectivity index (χ4v) is 8.79. The number of halogens is 1. The molecule has 3 atom stereocenters. The number of sulfonamides is 1. The third-order valence-corrected chi connectivity index (χ3v) is 12.2. The van der Waals surface area contributed by atoms with Crippen LogP contribution in [0.4, 0.5) is 5.69 Å². The number of hydrogen-bond acceptors (Lipinski definition) is 8. The van der Waals surface area contributed by atoms with Gasteiger partial charge < -0.3 is 19.3 Å². The van der Waals surface area contributed by atoms with Gasteiger partial charge in [0.15, 0.2) is 0 Å². The van der Waals surface area contributed by atoms with E-state index in [4.69, 9.17) is 21.1 Å². The van der Waals surface area contributed by atoms with Crippen LogP contribution in [0.1, 0.15) is 61.0 Å². The Balaban J connectivity index is 1.23. The summed E-state index contributed by atoms with van der Waals surface area (Å²) in [5, 5.41) is 5.40. The molecule has 7 rings (SSSR count). The number of ether oxygens (including phenoxy) is 2. The van der Waals surface area contributed by atoms with Crippen molar-refractivity contribution in [2.75, 3.05) is 44.2 Å². The molecule has 2 aromatic carbocycles. The molecule has 0 radical (unpaired) electrons. The van der Waals surface area contributed by atoms with Crippen molar-refractivity contribution in [1.82, 2.24) is 19.4 Å². The van der Waals surface area contributed by atoms with E-state index < -0.39 is 15.9 Å². The van der Waals surface area contributed by atoms with E-state index in [9.17, 15) is 13.2 Å². The van der Waals surface area contributed by atoms with E-state index >= 15 is 0 Å². The molecule has 2 fully saturated rings. The molecule has 10 nitrogen and oxygen atoms in total. The van der Waals surface area contributed by atoms with Gasteiger partial charge in [-0.2, -0.15) is 5.10 Å². The van der Waals surface area contributed by atoms with Gasteiger partial charge in [-0.15, -0.1) is 0 Å². The van der Waals surface area contributed by atoms with Crippen LogP contribution in [0, 0.1) is 18.8 Å². The molecule has 48 heavy (non-hydrogen) atoms. The molecular weight excluding hydrogens is 650 g/mol. The largest absolute Gasteiger partial charge is 0.487 e. The molecule has 12 heteroatoms. The Morgan fingerprint density at radius 1 is 1.00 bits per heavy atom. The molecule has 1 saturated heterocycles. The van der Waals surface area contributed by atoms with Crippen molar-refractivity contribution in [2.24, 2.45) is 11.8 Å². The third-order valence-electron chi connectivity index (χ3n) is 10.6. The Hall–Kier alpha value is -3.12. The van der Waals surface area contributed by atoms with E-state index in [2.05, 4.69) is 19.6 Å². The molecule has 1 aromatic heterocycles. The molecule has 258 valence electrons. The molecule has 0 spiro atoms. The quantitative estimate of drug-likeness (QED) is 0.401. The first-order valence-electron chi connectivity index (χ1n) is 17.4. The monoisotopic (exact) mass is 695 g/mol. The first-order chi connectivity index (χ1) is 23.2. The highest BCUT2D eigenvalue weighted by molar-refractivity contribution is 7.90. The zero-order valence-corrected chi connectivity index (χ0v) is 29.3. The third kappa shape index (κ3) is 7.54. The number of nitrogens with one attached hydrogen (secondary N) is 1. The van der Waals surface area contributed by atoms with Crippen molar-refractivity contribution in [3.63, 3.8) is 0 Å². The van der Waals surface area contributed by atoms with E-state index in [0.717, 1.165) is 88.2 Å². The van der Waals surface area contributed by atoms with Crippen LogP contribution in [-0.2, 0) is 45.5 Å². The van der Waals surface area contributed by atoms with Crippen LogP contribution in [0.15, 0.2) is 47.4 Å². The zero-order chi connectivity index (χ0) is 33.3.